The van der Waals surface area contributed by atoms with Gasteiger partial charge in [0.1, 0.15) is 12.4 Å². The fourth-order valence-electron chi connectivity index (χ4n) is 1.82. The second-order valence-electron chi connectivity index (χ2n) is 5.05. The van der Waals surface area contributed by atoms with Crippen LogP contribution in [-0.2, 0) is 16.2 Å². The van der Waals surface area contributed by atoms with Gasteiger partial charge in [0.15, 0.2) is 0 Å². The molecule has 6 heteroatoms. The van der Waals surface area contributed by atoms with Crippen LogP contribution in [0.1, 0.15) is 18.9 Å². The molecule has 0 aromatic heterocycles. The summed E-state index contributed by atoms with van der Waals surface area (Å²) in [5.41, 5.74) is 1.60. The molecule has 0 atom stereocenters. The van der Waals surface area contributed by atoms with Crippen LogP contribution in [0.15, 0.2) is 54.6 Å². The van der Waals surface area contributed by atoms with Crippen molar-refractivity contribution in [2.45, 2.75) is 20.0 Å². The summed E-state index contributed by atoms with van der Waals surface area (Å²) in [5, 5.41) is 3.76. The van der Waals surface area contributed by atoms with Gasteiger partial charge in [-0.2, -0.15) is 5.06 Å². The summed E-state index contributed by atoms with van der Waals surface area (Å²) < 4.78 is 5.20. The third-order valence-corrected chi connectivity index (χ3v) is 3.19. The molecule has 0 fully saturated rings. The van der Waals surface area contributed by atoms with Crippen molar-refractivity contribution in [1.29, 1.82) is 0 Å². The molecule has 126 valence electrons. The molecule has 24 heavy (non-hydrogen) atoms. The maximum Gasteiger partial charge on any atom is 0.439 e. The molecule has 0 bridgehead atoms. The summed E-state index contributed by atoms with van der Waals surface area (Å²) in [6.45, 7) is 2.05. The Morgan fingerprint density at radius 1 is 1.04 bits per heavy atom. The van der Waals surface area contributed by atoms with Crippen molar-refractivity contribution >= 4 is 17.7 Å². The van der Waals surface area contributed by atoms with Gasteiger partial charge in [0.25, 0.3) is 0 Å². The largest absolute Gasteiger partial charge is 0.439 e. The van der Waals surface area contributed by atoms with Crippen LogP contribution in [0.5, 0.6) is 5.75 Å². The topological polar surface area (TPSA) is 67.9 Å². The van der Waals surface area contributed by atoms with Crippen LogP contribution in [0.4, 0.5) is 10.5 Å². The van der Waals surface area contributed by atoms with Crippen LogP contribution in [0.2, 0.25) is 0 Å². The molecule has 6 nitrogen and oxygen atoms in total. The molecule has 0 heterocycles. The van der Waals surface area contributed by atoms with Gasteiger partial charge in [-0.3, -0.25) is 9.63 Å². The molecule has 0 spiro atoms. The number of rotatable bonds is 6. The number of carbonyl (C=O) groups is 2. The van der Waals surface area contributed by atoms with E-state index >= 15 is 0 Å². The molecule has 1 N–H and O–H groups in total. The second kappa shape index (κ2) is 8.69. The highest BCUT2D eigenvalue weighted by Crippen LogP contribution is 2.17. The van der Waals surface area contributed by atoms with Crippen molar-refractivity contribution in [3.8, 4) is 5.75 Å². The van der Waals surface area contributed by atoms with E-state index in [0.717, 1.165) is 10.6 Å². The first-order chi connectivity index (χ1) is 11.6. The number of nitrogens with zero attached hydrogens (tertiary/aromatic N) is 1. The number of ether oxygens (including phenoxy) is 1. The van der Waals surface area contributed by atoms with Crippen molar-refractivity contribution in [3.05, 3.63) is 60.2 Å². The van der Waals surface area contributed by atoms with Crippen LogP contribution >= 0.6 is 0 Å². The number of anilines is 1. The molecule has 2 aromatic carbocycles. The smallest absolute Gasteiger partial charge is 0.409 e. The summed E-state index contributed by atoms with van der Waals surface area (Å²) in [5.74, 6) is 0.290. The molecule has 0 radical (unpaired) electrons. The van der Waals surface area contributed by atoms with Gasteiger partial charge < -0.3 is 10.1 Å². The first kappa shape index (κ1) is 17.5. The molecule has 0 saturated heterocycles. The quantitative estimate of drug-likeness (QED) is 0.823. The van der Waals surface area contributed by atoms with Crippen LogP contribution in [-0.4, -0.2) is 24.1 Å². The molecule has 2 amide bonds. The molecule has 0 aliphatic rings. The Morgan fingerprint density at radius 3 is 2.33 bits per heavy atom. The Balaban J connectivity index is 1.83. The van der Waals surface area contributed by atoms with E-state index in [1.165, 1.54) is 7.05 Å². The second-order valence-corrected chi connectivity index (χ2v) is 5.05. The number of carbonyl (C=O) groups excluding carboxylic acids is 2. The number of hydrogen-bond acceptors (Lipinski definition) is 4. The summed E-state index contributed by atoms with van der Waals surface area (Å²) in [4.78, 5) is 28.6. The Labute approximate surface area is 140 Å². The maximum atomic E-state index is 12.0. The minimum absolute atomic E-state index is 0.0752. The van der Waals surface area contributed by atoms with Crippen molar-refractivity contribution < 1.29 is 19.2 Å². The fourth-order valence-corrected chi connectivity index (χ4v) is 1.82. The lowest BCUT2D eigenvalue weighted by molar-refractivity contribution is -0.120. The van der Waals surface area contributed by atoms with E-state index in [1.54, 1.807) is 31.2 Å². The summed E-state index contributed by atoms with van der Waals surface area (Å²) >= 11 is 0. The molecule has 0 saturated carbocycles. The molecule has 2 rings (SSSR count). The SMILES string of the molecule is CCC(=O)Nc1ccc(OC(=O)N(C)OCc2ccccc2)cc1. The lowest BCUT2D eigenvalue weighted by atomic mass is 10.2. The fraction of sp³-hybridized carbons (Fsp3) is 0.222. The average molecular weight is 328 g/mol. The van der Waals surface area contributed by atoms with Crippen LogP contribution in [0.3, 0.4) is 0 Å². The minimum Gasteiger partial charge on any atom is -0.409 e. The maximum absolute atomic E-state index is 12.0. The van der Waals surface area contributed by atoms with Gasteiger partial charge in [0.2, 0.25) is 5.91 Å². The van der Waals surface area contributed by atoms with Crippen LogP contribution in [0.25, 0.3) is 0 Å². The van der Waals surface area contributed by atoms with Gasteiger partial charge in [-0.25, -0.2) is 4.79 Å². The third kappa shape index (κ3) is 5.40. The van der Waals surface area contributed by atoms with E-state index in [0.29, 0.717) is 17.9 Å². The summed E-state index contributed by atoms with van der Waals surface area (Å²) in [7, 11) is 1.49. The standard InChI is InChI=1S/C18H20N2O4/c1-3-17(21)19-15-9-11-16(12-10-15)24-18(22)20(2)23-13-14-7-5-4-6-8-14/h4-12H,3,13H2,1-2H3,(H,19,21). The molecule has 2 aromatic rings. The minimum atomic E-state index is -0.628. The Hall–Kier alpha value is -2.86. The van der Waals surface area contributed by atoms with E-state index in [4.69, 9.17) is 9.57 Å². The molecular formula is C18H20N2O4. The summed E-state index contributed by atoms with van der Waals surface area (Å²) in [6, 6.07) is 16.1. The zero-order chi connectivity index (χ0) is 17.4. The average Bonchev–Trinajstić information content (AvgIpc) is 2.62. The van der Waals surface area contributed by atoms with Gasteiger partial charge in [0, 0.05) is 19.2 Å². The van der Waals surface area contributed by atoms with E-state index < -0.39 is 6.09 Å². The normalized spacial score (nSPS) is 10.1. The number of hydroxylamine groups is 2. The third-order valence-electron chi connectivity index (χ3n) is 3.19. The highest BCUT2D eigenvalue weighted by Gasteiger charge is 2.12. The molecular weight excluding hydrogens is 308 g/mol. The lowest BCUT2D eigenvalue weighted by Gasteiger charge is -2.16. The van der Waals surface area contributed by atoms with Crippen LogP contribution in [0, 0.1) is 0 Å². The van der Waals surface area contributed by atoms with Gasteiger partial charge in [-0.05, 0) is 29.8 Å². The highest BCUT2D eigenvalue weighted by molar-refractivity contribution is 5.90. The first-order valence-electron chi connectivity index (χ1n) is 7.60. The van der Waals surface area contributed by atoms with Gasteiger partial charge >= 0.3 is 6.09 Å². The Morgan fingerprint density at radius 2 is 1.71 bits per heavy atom. The first-order valence-corrected chi connectivity index (χ1v) is 7.60. The monoisotopic (exact) mass is 328 g/mol. The Kier molecular flexibility index (Phi) is 6.33. The van der Waals surface area contributed by atoms with Crippen molar-refractivity contribution in [3.63, 3.8) is 0 Å². The summed E-state index contributed by atoms with van der Waals surface area (Å²) in [6.07, 6.45) is -0.225. The number of hydrogen-bond donors (Lipinski definition) is 1. The highest BCUT2D eigenvalue weighted by atomic mass is 16.7. The van der Waals surface area contributed by atoms with E-state index in [2.05, 4.69) is 5.32 Å². The molecule has 0 aliphatic carbocycles. The van der Waals surface area contributed by atoms with E-state index in [-0.39, 0.29) is 12.5 Å². The van der Waals surface area contributed by atoms with Crippen LogP contribution < -0.4 is 10.1 Å². The molecule has 0 unspecified atom stereocenters. The predicted octanol–water partition coefficient (Wildman–Crippen LogP) is 3.60. The van der Waals surface area contributed by atoms with E-state index in [1.807, 2.05) is 30.3 Å². The number of benzene rings is 2. The Bertz CT molecular complexity index is 671. The van der Waals surface area contributed by atoms with E-state index in [9.17, 15) is 9.59 Å². The predicted molar refractivity (Wildman–Crippen MR) is 90.4 cm³/mol. The van der Waals surface area contributed by atoms with Gasteiger partial charge in [0.05, 0.1) is 0 Å². The number of nitrogens with one attached hydrogen (secondary N) is 1. The zero-order valence-corrected chi connectivity index (χ0v) is 13.7. The van der Waals surface area contributed by atoms with Crippen molar-refractivity contribution in [2.24, 2.45) is 0 Å². The van der Waals surface area contributed by atoms with Crippen molar-refractivity contribution in [1.82, 2.24) is 5.06 Å². The van der Waals surface area contributed by atoms with Gasteiger partial charge in [-0.15, -0.1) is 0 Å². The lowest BCUT2D eigenvalue weighted by Crippen LogP contribution is -2.29. The van der Waals surface area contributed by atoms with Crippen molar-refractivity contribution in [2.75, 3.05) is 12.4 Å². The number of amides is 2. The molecule has 0 aliphatic heterocycles. The zero-order valence-electron chi connectivity index (χ0n) is 13.7. The van der Waals surface area contributed by atoms with Gasteiger partial charge in [-0.1, -0.05) is 37.3 Å².